The SMILES string of the molecule is CC(C)=C(C)C.CCC.c1ccccc1. The molecule has 86 valence electrons. The molecule has 1 aromatic carbocycles. The van der Waals surface area contributed by atoms with Gasteiger partial charge in [-0.2, -0.15) is 0 Å². The number of benzene rings is 1. The van der Waals surface area contributed by atoms with Gasteiger partial charge in [-0.1, -0.05) is 67.8 Å². The van der Waals surface area contributed by atoms with Crippen LogP contribution in [0.2, 0.25) is 0 Å². The molecule has 0 unspecified atom stereocenters. The highest BCUT2D eigenvalue weighted by Gasteiger charge is 1.75. The van der Waals surface area contributed by atoms with Gasteiger partial charge in [0.05, 0.1) is 0 Å². The van der Waals surface area contributed by atoms with Crippen LogP contribution in [0.1, 0.15) is 48.0 Å². The summed E-state index contributed by atoms with van der Waals surface area (Å²) in [5, 5.41) is 0. The Balaban J connectivity index is 0. The first-order valence-electron chi connectivity index (χ1n) is 5.66. The second-order valence-corrected chi connectivity index (χ2v) is 3.86. The van der Waals surface area contributed by atoms with Crippen LogP contribution >= 0.6 is 0 Å². The summed E-state index contributed by atoms with van der Waals surface area (Å²) in [7, 11) is 0. The van der Waals surface area contributed by atoms with Crippen LogP contribution in [-0.2, 0) is 0 Å². The highest BCUT2D eigenvalue weighted by atomic mass is 13.8. The third-order valence-corrected chi connectivity index (χ3v) is 1.67. The Labute approximate surface area is 96.0 Å². The van der Waals surface area contributed by atoms with Gasteiger partial charge < -0.3 is 0 Å². The van der Waals surface area contributed by atoms with Crippen molar-refractivity contribution in [3.8, 4) is 0 Å². The van der Waals surface area contributed by atoms with E-state index in [-0.39, 0.29) is 0 Å². The lowest BCUT2D eigenvalue weighted by Crippen LogP contribution is -1.66. The molecule has 0 saturated carbocycles. The van der Waals surface area contributed by atoms with E-state index in [0.29, 0.717) is 0 Å². The van der Waals surface area contributed by atoms with E-state index in [9.17, 15) is 0 Å². The van der Waals surface area contributed by atoms with Crippen LogP contribution in [-0.4, -0.2) is 0 Å². The van der Waals surface area contributed by atoms with Crippen molar-refractivity contribution in [2.75, 3.05) is 0 Å². The smallest absolute Gasteiger partial charge is 0.0440 e. The van der Waals surface area contributed by atoms with Gasteiger partial charge in [0.2, 0.25) is 0 Å². The van der Waals surface area contributed by atoms with Crippen LogP contribution in [0.15, 0.2) is 47.5 Å². The first-order valence-corrected chi connectivity index (χ1v) is 5.66. The van der Waals surface area contributed by atoms with Gasteiger partial charge in [0.1, 0.15) is 0 Å². The fraction of sp³-hybridized carbons (Fsp3) is 0.467. The van der Waals surface area contributed by atoms with Gasteiger partial charge in [-0.15, -0.1) is 0 Å². The van der Waals surface area contributed by atoms with E-state index in [2.05, 4.69) is 41.5 Å². The van der Waals surface area contributed by atoms with Gasteiger partial charge in [0, 0.05) is 0 Å². The molecule has 0 N–H and O–H groups in total. The van der Waals surface area contributed by atoms with Crippen molar-refractivity contribution in [2.45, 2.75) is 48.0 Å². The zero-order chi connectivity index (χ0) is 12.1. The standard InChI is InChI=1S/C6H6.C6H12.C3H8/c1-2-4-6-5-3-1;1-5(2)6(3)4;1-3-2/h1-6H;1-4H3;3H2,1-2H3. The van der Waals surface area contributed by atoms with E-state index in [1.165, 1.54) is 17.6 Å². The average molecular weight is 206 g/mol. The lowest BCUT2D eigenvalue weighted by atomic mass is 10.2. The van der Waals surface area contributed by atoms with E-state index in [1.54, 1.807) is 0 Å². The molecule has 0 aliphatic heterocycles. The predicted octanol–water partition coefficient (Wildman–Crippen LogP) is 5.47. The summed E-state index contributed by atoms with van der Waals surface area (Å²) in [6.45, 7) is 12.7. The zero-order valence-electron chi connectivity index (χ0n) is 11.2. The van der Waals surface area contributed by atoms with Gasteiger partial charge in [0.25, 0.3) is 0 Å². The van der Waals surface area contributed by atoms with Crippen LogP contribution in [0, 0.1) is 0 Å². The summed E-state index contributed by atoms with van der Waals surface area (Å²) in [6, 6.07) is 12.0. The first kappa shape index (κ1) is 16.4. The molecule has 0 nitrogen and oxygen atoms in total. The lowest BCUT2D eigenvalue weighted by molar-refractivity contribution is 1.09. The van der Waals surface area contributed by atoms with Crippen LogP contribution in [0.4, 0.5) is 0 Å². The number of hydrogen-bond donors (Lipinski definition) is 0. The summed E-state index contributed by atoms with van der Waals surface area (Å²) >= 11 is 0. The molecule has 0 spiro atoms. The van der Waals surface area contributed by atoms with Gasteiger partial charge in [-0.3, -0.25) is 0 Å². The van der Waals surface area contributed by atoms with Crippen molar-refractivity contribution >= 4 is 0 Å². The van der Waals surface area contributed by atoms with Gasteiger partial charge >= 0.3 is 0 Å². The Bertz CT molecular complexity index is 187. The third kappa shape index (κ3) is 19.4. The summed E-state index contributed by atoms with van der Waals surface area (Å²) in [5.41, 5.74) is 2.85. The fourth-order valence-electron chi connectivity index (χ4n) is 0.385. The largest absolute Gasteiger partial charge is 0.0778 e. The minimum Gasteiger partial charge on any atom is -0.0778 e. The molecule has 0 aromatic heterocycles. The van der Waals surface area contributed by atoms with E-state index in [0.717, 1.165) is 0 Å². The minimum absolute atomic E-state index is 1.25. The molecular weight excluding hydrogens is 180 g/mol. The van der Waals surface area contributed by atoms with E-state index < -0.39 is 0 Å². The van der Waals surface area contributed by atoms with Crippen molar-refractivity contribution < 1.29 is 0 Å². The maximum atomic E-state index is 2.12. The second kappa shape index (κ2) is 13.0. The Morgan fingerprint density at radius 1 is 0.600 bits per heavy atom. The van der Waals surface area contributed by atoms with Crippen LogP contribution < -0.4 is 0 Å². The average Bonchev–Trinajstić information content (AvgIpc) is 2.22. The quantitative estimate of drug-likeness (QED) is 0.494. The molecule has 0 aliphatic carbocycles. The van der Waals surface area contributed by atoms with Gasteiger partial charge in [-0.05, 0) is 27.7 Å². The first-order chi connectivity index (χ1) is 7.06. The zero-order valence-corrected chi connectivity index (χ0v) is 11.2. The summed E-state index contributed by atoms with van der Waals surface area (Å²) in [6.07, 6.45) is 1.25. The fourth-order valence-corrected chi connectivity index (χ4v) is 0.385. The Kier molecular flexibility index (Phi) is 14.2. The summed E-state index contributed by atoms with van der Waals surface area (Å²) < 4.78 is 0. The summed E-state index contributed by atoms with van der Waals surface area (Å²) in [5.74, 6) is 0. The maximum Gasteiger partial charge on any atom is -0.0440 e. The molecule has 1 rings (SSSR count). The van der Waals surface area contributed by atoms with Crippen molar-refractivity contribution in [3.05, 3.63) is 47.5 Å². The molecule has 0 heteroatoms. The molecule has 0 bridgehead atoms. The maximum absolute atomic E-state index is 2.12. The monoisotopic (exact) mass is 206 g/mol. The van der Waals surface area contributed by atoms with Crippen LogP contribution in [0.25, 0.3) is 0 Å². The van der Waals surface area contributed by atoms with E-state index >= 15 is 0 Å². The highest BCUT2D eigenvalue weighted by Crippen LogP contribution is 1.96. The molecule has 0 fully saturated rings. The predicted molar refractivity (Wildman–Crippen MR) is 72.1 cm³/mol. The van der Waals surface area contributed by atoms with Crippen molar-refractivity contribution in [2.24, 2.45) is 0 Å². The number of rotatable bonds is 0. The van der Waals surface area contributed by atoms with Gasteiger partial charge in [0.15, 0.2) is 0 Å². The number of hydrogen-bond acceptors (Lipinski definition) is 0. The van der Waals surface area contributed by atoms with Crippen LogP contribution in [0.3, 0.4) is 0 Å². The van der Waals surface area contributed by atoms with E-state index in [1.807, 2.05) is 36.4 Å². The Morgan fingerprint density at radius 2 is 0.733 bits per heavy atom. The molecule has 1 aromatic rings. The lowest BCUT2D eigenvalue weighted by Gasteiger charge is -1.88. The molecule has 0 atom stereocenters. The third-order valence-electron chi connectivity index (χ3n) is 1.67. The van der Waals surface area contributed by atoms with Crippen molar-refractivity contribution in [1.82, 2.24) is 0 Å². The molecule has 0 radical (unpaired) electrons. The normalized spacial score (nSPS) is 7.60. The van der Waals surface area contributed by atoms with E-state index in [4.69, 9.17) is 0 Å². The van der Waals surface area contributed by atoms with Crippen molar-refractivity contribution in [1.29, 1.82) is 0 Å². The topological polar surface area (TPSA) is 0 Å². The Morgan fingerprint density at radius 3 is 0.800 bits per heavy atom. The highest BCUT2D eigenvalue weighted by molar-refractivity contribution is 5.02. The number of allylic oxidation sites excluding steroid dienone is 2. The molecule has 0 heterocycles. The molecule has 0 saturated heterocycles. The van der Waals surface area contributed by atoms with Crippen molar-refractivity contribution in [3.63, 3.8) is 0 Å². The summed E-state index contributed by atoms with van der Waals surface area (Å²) in [4.78, 5) is 0. The molecule has 0 aliphatic rings. The minimum atomic E-state index is 1.25. The molecular formula is C15H26. The second-order valence-electron chi connectivity index (χ2n) is 3.86. The molecule has 15 heavy (non-hydrogen) atoms. The van der Waals surface area contributed by atoms with Crippen LogP contribution in [0.5, 0.6) is 0 Å². The van der Waals surface area contributed by atoms with Gasteiger partial charge in [-0.25, -0.2) is 0 Å². The molecule has 0 amide bonds. The Hall–Kier alpha value is -1.04.